The minimum absolute atomic E-state index is 0.184. The second-order valence-electron chi connectivity index (χ2n) is 9.79. The highest BCUT2D eigenvalue weighted by molar-refractivity contribution is 5.95. The first-order chi connectivity index (χ1) is 21.4. The fraction of sp³-hybridized carbons (Fsp3) is 0.229. The van der Waals surface area contributed by atoms with E-state index in [1.165, 1.54) is 6.21 Å². The smallest absolute Gasteiger partial charge is 0.271 e. The number of aryl methyl sites for hydroxylation is 1. The maximum absolute atomic E-state index is 12.8. The van der Waals surface area contributed by atoms with Crippen molar-refractivity contribution in [3.8, 4) is 23.0 Å². The molecule has 9 heteroatoms. The van der Waals surface area contributed by atoms with E-state index in [0.717, 1.165) is 22.4 Å². The van der Waals surface area contributed by atoms with Crippen LogP contribution in [0.25, 0.3) is 0 Å². The second kappa shape index (κ2) is 15.8. The SMILES string of the molecule is CCOc1cc(/C=N/NC(=O)c2ccc(OCc3ccccc3)c(OCC)c2)ccc1OCC(=O)Nc1cccc(C)c1C. The van der Waals surface area contributed by atoms with Crippen molar-refractivity contribution in [2.24, 2.45) is 5.10 Å². The third-order valence-electron chi connectivity index (χ3n) is 6.63. The van der Waals surface area contributed by atoms with E-state index in [0.29, 0.717) is 53.9 Å². The van der Waals surface area contributed by atoms with Gasteiger partial charge in [0.05, 0.1) is 19.4 Å². The molecule has 0 aliphatic rings. The fourth-order valence-corrected chi connectivity index (χ4v) is 4.21. The summed E-state index contributed by atoms with van der Waals surface area (Å²) >= 11 is 0. The number of rotatable bonds is 14. The van der Waals surface area contributed by atoms with E-state index in [-0.39, 0.29) is 12.5 Å². The molecule has 2 amide bonds. The Kier molecular flexibility index (Phi) is 11.3. The molecule has 0 saturated heterocycles. The number of nitrogens with one attached hydrogen (secondary N) is 2. The third kappa shape index (κ3) is 8.84. The number of benzene rings is 4. The van der Waals surface area contributed by atoms with Gasteiger partial charge in [-0.15, -0.1) is 0 Å². The Morgan fingerprint density at radius 1 is 0.750 bits per heavy atom. The number of anilines is 1. The van der Waals surface area contributed by atoms with Gasteiger partial charge >= 0.3 is 0 Å². The highest BCUT2D eigenvalue weighted by atomic mass is 16.5. The average molecular weight is 596 g/mol. The molecule has 0 atom stereocenters. The van der Waals surface area contributed by atoms with Crippen LogP contribution < -0.4 is 29.7 Å². The quantitative estimate of drug-likeness (QED) is 0.128. The van der Waals surface area contributed by atoms with Crippen LogP contribution in [0.5, 0.6) is 23.0 Å². The Morgan fingerprint density at radius 3 is 2.20 bits per heavy atom. The van der Waals surface area contributed by atoms with Gasteiger partial charge in [0.1, 0.15) is 6.61 Å². The Bertz CT molecular complexity index is 1600. The number of carbonyl (C=O) groups excluding carboxylic acids is 2. The summed E-state index contributed by atoms with van der Waals surface area (Å²) in [6, 6.07) is 25.7. The minimum atomic E-state index is -0.406. The Balaban J connectivity index is 1.36. The molecule has 0 heterocycles. The van der Waals surface area contributed by atoms with Gasteiger partial charge in [-0.05, 0) is 92.4 Å². The normalized spacial score (nSPS) is 10.7. The number of amides is 2. The van der Waals surface area contributed by atoms with Crippen molar-refractivity contribution >= 4 is 23.7 Å². The molecule has 0 fully saturated rings. The fourth-order valence-electron chi connectivity index (χ4n) is 4.21. The van der Waals surface area contributed by atoms with Crippen molar-refractivity contribution in [2.45, 2.75) is 34.3 Å². The number of carbonyl (C=O) groups is 2. The molecule has 4 aromatic rings. The van der Waals surface area contributed by atoms with Crippen molar-refractivity contribution in [1.29, 1.82) is 0 Å². The summed E-state index contributed by atoms with van der Waals surface area (Å²) in [6.07, 6.45) is 1.50. The molecule has 0 saturated carbocycles. The molecule has 0 unspecified atom stereocenters. The summed E-state index contributed by atoms with van der Waals surface area (Å²) in [6.45, 7) is 8.68. The summed E-state index contributed by atoms with van der Waals surface area (Å²) < 4.78 is 23.1. The van der Waals surface area contributed by atoms with Gasteiger partial charge in [0.2, 0.25) is 0 Å². The summed E-state index contributed by atoms with van der Waals surface area (Å²) in [5.74, 6) is 1.20. The van der Waals surface area contributed by atoms with Gasteiger partial charge < -0.3 is 24.3 Å². The minimum Gasteiger partial charge on any atom is -0.490 e. The van der Waals surface area contributed by atoms with Crippen LogP contribution in [-0.4, -0.2) is 37.8 Å². The number of hydrogen-bond acceptors (Lipinski definition) is 7. The van der Waals surface area contributed by atoms with E-state index >= 15 is 0 Å². The molecule has 44 heavy (non-hydrogen) atoms. The van der Waals surface area contributed by atoms with Crippen LogP contribution in [0.3, 0.4) is 0 Å². The van der Waals surface area contributed by atoms with Crippen LogP contribution in [0.15, 0.2) is 90.0 Å². The van der Waals surface area contributed by atoms with E-state index in [1.54, 1.807) is 36.4 Å². The van der Waals surface area contributed by atoms with Gasteiger partial charge in [0.25, 0.3) is 11.8 Å². The molecule has 0 aromatic heterocycles. The van der Waals surface area contributed by atoms with Gasteiger partial charge in [-0.3, -0.25) is 9.59 Å². The zero-order valence-corrected chi connectivity index (χ0v) is 25.4. The molecule has 4 rings (SSSR count). The van der Waals surface area contributed by atoms with Gasteiger partial charge in [-0.2, -0.15) is 5.10 Å². The molecular weight excluding hydrogens is 558 g/mol. The van der Waals surface area contributed by atoms with Gasteiger partial charge in [-0.1, -0.05) is 42.5 Å². The van der Waals surface area contributed by atoms with E-state index < -0.39 is 5.91 Å². The van der Waals surface area contributed by atoms with Crippen molar-refractivity contribution in [3.05, 3.63) is 113 Å². The lowest BCUT2D eigenvalue weighted by atomic mass is 10.1. The van der Waals surface area contributed by atoms with Crippen LogP contribution in [0.1, 0.15) is 46.5 Å². The van der Waals surface area contributed by atoms with Gasteiger partial charge in [0.15, 0.2) is 29.6 Å². The number of ether oxygens (including phenoxy) is 4. The molecular formula is C35H37N3O6. The molecule has 0 bridgehead atoms. The standard InChI is InChI=1S/C35H37N3O6/c1-5-41-32-19-27(15-17-30(32)44-23-34(39)37-29-14-10-11-24(3)25(29)4)21-36-38-35(40)28-16-18-31(33(20-28)42-6-2)43-22-26-12-8-7-9-13-26/h7-21H,5-6,22-23H2,1-4H3,(H,37,39)(H,38,40)/b36-21+. The third-order valence-corrected chi connectivity index (χ3v) is 6.63. The van der Waals surface area contributed by atoms with E-state index in [1.807, 2.05) is 76.2 Å². The largest absolute Gasteiger partial charge is 0.490 e. The van der Waals surface area contributed by atoms with E-state index in [4.69, 9.17) is 18.9 Å². The second-order valence-corrected chi connectivity index (χ2v) is 9.79. The average Bonchev–Trinajstić information content (AvgIpc) is 3.03. The van der Waals surface area contributed by atoms with Crippen LogP contribution in [0.2, 0.25) is 0 Å². The summed E-state index contributed by atoms with van der Waals surface area (Å²) in [5, 5.41) is 6.98. The molecule has 0 radical (unpaired) electrons. The molecule has 0 spiro atoms. The Labute approximate surface area is 257 Å². The molecule has 2 N–H and O–H groups in total. The van der Waals surface area contributed by atoms with Gasteiger partial charge in [0, 0.05) is 11.3 Å². The molecule has 0 aliphatic heterocycles. The predicted octanol–water partition coefficient (Wildman–Crippen LogP) is 6.46. The summed E-state index contributed by atoms with van der Waals surface area (Å²) in [4.78, 5) is 25.3. The van der Waals surface area contributed by atoms with Crippen molar-refractivity contribution in [3.63, 3.8) is 0 Å². The first kappa shape index (κ1) is 31.6. The predicted molar refractivity (Wildman–Crippen MR) is 171 cm³/mol. The van der Waals surface area contributed by atoms with Crippen molar-refractivity contribution < 1.29 is 28.5 Å². The zero-order valence-electron chi connectivity index (χ0n) is 25.4. The highest BCUT2D eigenvalue weighted by Crippen LogP contribution is 2.30. The monoisotopic (exact) mass is 595 g/mol. The molecule has 9 nitrogen and oxygen atoms in total. The first-order valence-electron chi connectivity index (χ1n) is 14.4. The van der Waals surface area contributed by atoms with Gasteiger partial charge in [-0.25, -0.2) is 5.43 Å². The summed E-state index contributed by atoms with van der Waals surface area (Å²) in [7, 11) is 0. The zero-order chi connectivity index (χ0) is 31.3. The van der Waals surface area contributed by atoms with Crippen LogP contribution in [-0.2, 0) is 11.4 Å². The van der Waals surface area contributed by atoms with Crippen LogP contribution in [0, 0.1) is 13.8 Å². The molecule has 4 aromatic carbocycles. The Hall–Kier alpha value is -5.31. The molecule has 228 valence electrons. The number of hydrazone groups is 1. The summed E-state index contributed by atoms with van der Waals surface area (Å²) in [5.41, 5.74) is 7.45. The number of hydrogen-bond donors (Lipinski definition) is 2. The lowest BCUT2D eigenvalue weighted by molar-refractivity contribution is -0.118. The number of nitrogens with zero attached hydrogens (tertiary/aromatic N) is 1. The van der Waals surface area contributed by atoms with Crippen molar-refractivity contribution in [2.75, 3.05) is 25.1 Å². The maximum atomic E-state index is 12.8. The van der Waals surface area contributed by atoms with E-state index in [2.05, 4.69) is 15.8 Å². The maximum Gasteiger partial charge on any atom is 0.271 e. The Morgan fingerprint density at radius 2 is 1.45 bits per heavy atom. The lowest BCUT2D eigenvalue weighted by Gasteiger charge is -2.14. The lowest BCUT2D eigenvalue weighted by Crippen LogP contribution is -2.21. The molecule has 0 aliphatic carbocycles. The topological polar surface area (TPSA) is 107 Å². The van der Waals surface area contributed by atoms with Crippen LogP contribution in [0.4, 0.5) is 5.69 Å². The first-order valence-corrected chi connectivity index (χ1v) is 14.4. The van der Waals surface area contributed by atoms with E-state index in [9.17, 15) is 9.59 Å². The van der Waals surface area contributed by atoms with Crippen molar-refractivity contribution in [1.82, 2.24) is 5.43 Å². The van der Waals surface area contributed by atoms with Crippen LogP contribution >= 0.6 is 0 Å². The highest BCUT2D eigenvalue weighted by Gasteiger charge is 2.13.